The minimum atomic E-state index is -0.497. The molecule has 11 heavy (non-hydrogen) atoms. The fourth-order valence-corrected chi connectivity index (χ4v) is 1.03. The van der Waals surface area contributed by atoms with Crippen LogP contribution < -0.4 is 5.73 Å². The number of carbonyl (C=O) groups excluding carboxylic acids is 1. The van der Waals surface area contributed by atoms with Gasteiger partial charge in [-0.15, -0.1) is 0 Å². The van der Waals surface area contributed by atoms with E-state index in [2.05, 4.69) is 15.9 Å². The molecule has 0 amide bonds. The van der Waals surface area contributed by atoms with Gasteiger partial charge in [0.25, 0.3) is 0 Å². The molecule has 0 saturated carbocycles. The van der Waals surface area contributed by atoms with Gasteiger partial charge in [0, 0.05) is 4.47 Å². The molecule has 1 rings (SSSR count). The van der Waals surface area contributed by atoms with E-state index in [0.29, 0.717) is 0 Å². The van der Waals surface area contributed by atoms with Crippen molar-refractivity contribution in [3.05, 3.63) is 34.3 Å². The maximum Gasteiger partial charge on any atom is 0.141 e. The predicted octanol–water partition coefficient (Wildman–Crippen LogP) is 1.65. The van der Waals surface area contributed by atoms with E-state index in [1.165, 1.54) is 0 Å². The average Bonchev–Trinajstić information content (AvgIpc) is 2.05. The molecule has 0 aliphatic carbocycles. The van der Waals surface area contributed by atoms with Gasteiger partial charge in [-0.3, -0.25) is 0 Å². The number of hydrogen-bond acceptors (Lipinski definition) is 2. The molecule has 0 heterocycles. The number of benzene rings is 1. The molecule has 0 radical (unpaired) electrons. The van der Waals surface area contributed by atoms with E-state index >= 15 is 0 Å². The normalized spacial score (nSPS) is 12.5. The Labute approximate surface area is 73.5 Å². The molecule has 58 valence electrons. The van der Waals surface area contributed by atoms with Crippen LogP contribution in [0, 0.1) is 0 Å². The topological polar surface area (TPSA) is 43.1 Å². The highest BCUT2D eigenvalue weighted by Gasteiger charge is 2.01. The Kier molecular flexibility index (Phi) is 2.79. The molecular formula is C8H8BrNO. The summed E-state index contributed by atoms with van der Waals surface area (Å²) < 4.78 is 0.986. The van der Waals surface area contributed by atoms with Crippen molar-refractivity contribution in [2.45, 2.75) is 6.04 Å². The molecule has 0 fully saturated rings. The summed E-state index contributed by atoms with van der Waals surface area (Å²) in [6.45, 7) is 0. The minimum Gasteiger partial charge on any atom is -0.318 e. The van der Waals surface area contributed by atoms with Gasteiger partial charge in [-0.2, -0.15) is 0 Å². The van der Waals surface area contributed by atoms with Crippen LogP contribution in [0.4, 0.5) is 0 Å². The molecule has 2 nitrogen and oxygen atoms in total. The van der Waals surface area contributed by atoms with Crippen molar-refractivity contribution in [1.82, 2.24) is 0 Å². The molecule has 0 aromatic heterocycles. The summed E-state index contributed by atoms with van der Waals surface area (Å²) in [4.78, 5) is 10.3. The summed E-state index contributed by atoms with van der Waals surface area (Å²) in [6, 6.07) is 6.87. The van der Waals surface area contributed by atoms with Crippen molar-refractivity contribution in [3.63, 3.8) is 0 Å². The van der Waals surface area contributed by atoms with Crippen molar-refractivity contribution in [2.24, 2.45) is 5.73 Å². The van der Waals surface area contributed by atoms with Gasteiger partial charge in [0.05, 0.1) is 6.04 Å². The molecule has 1 unspecified atom stereocenters. The van der Waals surface area contributed by atoms with Crippen LogP contribution in [0.3, 0.4) is 0 Å². The van der Waals surface area contributed by atoms with Gasteiger partial charge >= 0.3 is 0 Å². The van der Waals surface area contributed by atoms with Crippen molar-refractivity contribution >= 4 is 22.2 Å². The van der Waals surface area contributed by atoms with E-state index in [1.54, 1.807) is 0 Å². The first kappa shape index (κ1) is 8.43. The lowest BCUT2D eigenvalue weighted by Crippen LogP contribution is -2.10. The van der Waals surface area contributed by atoms with Gasteiger partial charge in [-0.1, -0.05) is 28.1 Å². The Bertz CT molecular complexity index is 245. The summed E-state index contributed by atoms with van der Waals surface area (Å²) in [6.07, 6.45) is 0.725. The standard InChI is InChI=1S/C8H8BrNO/c9-7-3-1-6(2-4-7)8(10)5-11/h1-5,8H,10H2. The van der Waals surface area contributed by atoms with Gasteiger partial charge in [0.1, 0.15) is 6.29 Å². The fraction of sp³-hybridized carbons (Fsp3) is 0.125. The fourth-order valence-electron chi connectivity index (χ4n) is 0.764. The molecule has 3 heteroatoms. The number of hydrogen-bond donors (Lipinski definition) is 1. The number of halogens is 1. The van der Waals surface area contributed by atoms with Crippen LogP contribution >= 0.6 is 15.9 Å². The van der Waals surface area contributed by atoms with E-state index in [4.69, 9.17) is 5.73 Å². The zero-order valence-electron chi connectivity index (χ0n) is 5.83. The molecule has 0 bridgehead atoms. The third-order valence-corrected chi connectivity index (χ3v) is 1.93. The predicted molar refractivity (Wildman–Crippen MR) is 47.1 cm³/mol. The first-order valence-electron chi connectivity index (χ1n) is 3.20. The molecule has 1 aromatic rings. The molecule has 2 N–H and O–H groups in total. The van der Waals surface area contributed by atoms with Gasteiger partial charge in [-0.05, 0) is 17.7 Å². The Morgan fingerprint density at radius 3 is 2.36 bits per heavy atom. The van der Waals surface area contributed by atoms with Crippen LogP contribution in [0.2, 0.25) is 0 Å². The van der Waals surface area contributed by atoms with Crippen LogP contribution in [0.25, 0.3) is 0 Å². The average molecular weight is 214 g/mol. The van der Waals surface area contributed by atoms with Crippen LogP contribution in [0.15, 0.2) is 28.7 Å². The smallest absolute Gasteiger partial charge is 0.141 e. The first-order chi connectivity index (χ1) is 5.24. The molecular weight excluding hydrogens is 206 g/mol. The molecule has 0 spiro atoms. The zero-order chi connectivity index (χ0) is 8.27. The van der Waals surface area contributed by atoms with Crippen LogP contribution in [0.5, 0.6) is 0 Å². The van der Waals surface area contributed by atoms with Gasteiger partial charge in [0.15, 0.2) is 0 Å². The molecule has 0 aliphatic rings. The second-order valence-electron chi connectivity index (χ2n) is 2.21. The van der Waals surface area contributed by atoms with Gasteiger partial charge in [-0.25, -0.2) is 0 Å². The summed E-state index contributed by atoms with van der Waals surface area (Å²) in [7, 11) is 0. The highest BCUT2D eigenvalue weighted by Crippen LogP contribution is 2.13. The summed E-state index contributed by atoms with van der Waals surface area (Å²) >= 11 is 3.29. The zero-order valence-corrected chi connectivity index (χ0v) is 7.41. The molecule has 0 saturated heterocycles. The summed E-state index contributed by atoms with van der Waals surface area (Å²) in [5, 5.41) is 0. The van der Waals surface area contributed by atoms with Crippen molar-refractivity contribution in [2.75, 3.05) is 0 Å². The monoisotopic (exact) mass is 213 g/mol. The van der Waals surface area contributed by atoms with Crippen LogP contribution in [0.1, 0.15) is 11.6 Å². The van der Waals surface area contributed by atoms with E-state index < -0.39 is 6.04 Å². The quantitative estimate of drug-likeness (QED) is 0.760. The van der Waals surface area contributed by atoms with Crippen molar-refractivity contribution < 1.29 is 4.79 Å². The first-order valence-corrected chi connectivity index (χ1v) is 3.99. The lowest BCUT2D eigenvalue weighted by atomic mass is 10.1. The maximum absolute atomic E-state index is 10.3. The van der Waals surface area contributed by atoms with Crippen molar-refractivity contribution in [3.8, 4) is 0 Å². The largest absolute Gasteiger partial charge is 0.318 e. The number of nitrogens with two attached hydrogens (primary N) is 1. The van der Waals surface area contributed by atoms with Crippen LogP contribution in [-0.4, -0.2) is 6.29 Å². The number of rotatable bonds is 2. The van der Waals surface area contributed by atoms with E-state index in [-0.39, 0.29) is 0 Å². The number of aldehydes is 1. The second-order valence-corrected chi connectivity index (χ2v) is 3.13. The van der Waals surface area contributed by atoms with E-state index in [9.17, 15) is 4.79 Å². The lowest BCUT2D eigenvalue weighted by molar-refractivity contribution is -0.109. The Balaban J connectivity index is 2.89. The van der Waals surface area contributed by atoms with Crippen molar-refractivity contribution in [1.29, 1.82) is 0 Å². The maximum atomic E-state index is 10.3. The minimum absolute atomic E-state index is 0.497. The molecule has 1 atom stereocenters. The Hall–Kier alpha value is -0.670. The third kappa shape index (κ3) is 2.13. The second kappa shape index (κ2) is 3.64. The van der Waals surface area contributed by atoms with E-state index in [1.807, 2.05) is 24.3 Å². The highest BCUT2D eigenvalue weighted by molar-refractivity contribution is 9.10. The molecule has 1 aromatic carbocycles. The number of carbonyl (C=O) groups is 1. The van der Waals surface area contributed by atoms with Gasteiger partial charge < -0.3 is 10.5 Å². The highest BCUT2D eigenvalue weighted by atomic mass is 79.9. The Morgan fingerprint density at radius 2 is 1.91 bits per heavy atom. The van der Waals surface area contributed by atoms with E-state index in [0.717, 1.165) is 16.3 Å². The summed E-state index contributed by atoms with van der Waals surface area (Å²) in [5.41, 5.74) is 6.30. The van der Waals surface area contributed by atoms with Gasteiger partial charge in [0.2, 0.25) is 0 Å². The molecule has 0 aliphatic heterocycles. The Morgan fingerprint density at radius 1 is 1.36 bits per heavy atom. The summed E-state index contributed by atoms with van der Waals surface area (Å²) in [5.74, 6) is 0. The van der Waals surface area contributed by atoms with Crippen LogP contribution in [-0.2, 0) is 4.79 Å². The lowest BCUT2D eigenvalue weighted by Gasteiger charge is -2.02. The SMILES string of the molecule is NC(C=O)c1ccc(Br)cc1. The third-order valence-electron chi connectivity index (χ3n) is 1.40.